The molecule has 0 saturated carbocycles. The van der Waals surface area contributed by atoms with Gasteiger partial charge in [-0.05, 0) is 5.92 Å². The number of hydrogen-bond acceptors (Lipinski definition) is 0. The van der Waals surface area contributed by atoms with Crippen LogP contribution < -0.4 is 0 Å². The van der Waals surface area contributed by atoms with E-state index in [-0.39, 0.29) is 0 Å². The van der Waals surface area contributed by atoms with Crippen LogP contribution in [0.4, 0.5) is 0 Å². The lowest BCUT2D eigenvalue weighted by Crippen LogP contribution is -1.92. The van der Waals surface area contributed by atoms with Crippen LogP contribution in [0.3, 0.4) is 0 Å². The van der Waals surface area contributed by atoms with Crippen LogP contribution >= 0.6 is 0 Å². The van der Waals surface area contributed by atoms with Crippen LogP contribution in [0.1, 0.15) is 59.3 Å². The fourth-order valence-electron chi connectivity index (χ4n) is 1.38. The van der Waals surface area contributed by atoms with E-state index in [0.29, 0.717) is 0 Å². The van der Waals surface area contributed by atoms with Gasteiger partial charge in [0.05, 0.1) is 0 Å². The van der Waals surface area contributed by atoms with Crippen LogP contribution in [0.5, 0.6) is 0 Å². The molecule has 0 rings (SSSR count). The maximum absolute atomic E-state index is 2.37. The van der Waals surface area contributed by atoms with Crippen molar-refractivity contribution in [3.05, 3.63) is 0 Å². The molecule has 0 unspecified atom stereocenters. The molecule has 1 atom stereocenters. The van der Waals surface area contributed by atoms with E-state index in [2.05, 4.69) is 20.8 Å². The second-order valence-corrected chi connectivity index (χ2v) is 3.39. The van der Waals surface area contributed by atoms with Gasteiger partial charge in [-0.15, -0.1) is 0 Å². The molecule has 0 fully saturated rings. The Morgan fingerprint density at radius 3 is 2.10 bits per heavy atom. The molecule has 0 spiro atoms. The summed E-state index contributed by atoms with van der Waals surface area (Å²) in [6.45, 7) is 6.92. The van der Waals surface area contributed by atoms with E-state index in [4.69, 9.17) is 0 Å². The van der Waals surface area contributed by atoms with Gasteiger partial charge in [-0.25, -0.2) is 0 Å². The summed E-state index contributed by atoms with van der Waals surface area (Å²) in [5.41, 5.74) is 0. The number of unbranched alkanes of at least 4 members (excludes halogenated alkanes) is 2. The lowest BCUT2D eigenvalue weighted by molar-refractivity contribution is 0.459. The third-order valence-corrected chi connectivity index (χ3v) is 2.08. The van der Waals surface area contributed by atoms with Crippen LogP contribution in [0.2, 0.25) is 0 Å². The monoisotopic (exact) mass is 142 g/mol. The van der Waals surface area contributed by atoms with E-state index in [0.717, 1.165) is 5.92 Å². The van der Waals surface area contributed by atoms with E-state index in [1.165, 1.54) is 38.5 Å². The quantitative estimate of drug-likeness (QED) is 0.492. The zero-order chi connectivity index (χ0) is 7.82. The summed E-state index contributed by atoms with van der Waals surface area (Å²) in [5, 5.41) is 0. The van der Waals surface area contributed by atoms with Crippen molar-refractivity contribution in [1.29, 1.82) is 0 Å². The SMILES string of the molecule is CCCCC[C@H](C)CCC. The molecule has 0 amide bonds. The van der Waals surface area contributed by atoms with E-state index in [1.54, 1.807) is 0 Å². The molecule has 0 aromatic carbocycles. The smallest absolute Gasteiger partial charge is 0.0443 e. The third kappa shape index (κ3) is 6.12. The fraction of sp³-hybridized carbons (Fsp3) is 1.00. The molecule has 0 radical (unpaired) electrons. The summed E-state index contributed by atoms with van der Waals surface area (Å²) < 4.78 is 0. The summed E-state index contributed by atoms with van der Waals surface area (Å²) in [4.78, 5) is 0. The Hall–Kier alpha value is 0. The molecule has 0 heterocycles. The Morgan fingerprint density at radius 1 is 0.900 bits per heavy atom. The largest absolute Gasteiger partial charge is 0.0654 e. The predicted octanol–water partition coefficient (Wildman–Crippen LogP) is 4.00. The molecule has 0 bridgehead atoms. The molecule has 0 heteroatoms. The highest BCUT2D eigenvalue weighted by Gasteiger charge is 1.98. The molecule has 0 saturated heterocycles. The minimum atomic E-state index is 0.969. The van der Waals surface area contributed by atoms with Gasteiger partial charge in [0.15, 0.2) is 0 Å². The van der Waals surface area contributed by atoms with E-state index in [1.807, 2.05) is 0 Å². The Labute approximate surface area is 66.0 Å². The molecule has 0 aromatic rings. The highest BCUT2D eigenvalue weighted by Crippen LogP contribution is 2.13. The van der Waals surface area contributed by atoms with Crippen molar-refractivity contribution >= 4 is 0 Å². The van der Waals surface area contributed by atoms with Gasteiger partial charge in [-0.1, -0.05) is 59.3 Å². The first kappa shape index (κ1) is 10.0. The van der Waals surface area contributed by atoms with Crippen LogP contribution in [0.15, 0.2) is 0 Å². The normalized spacial score (nSPS) is 13.5. The zero-order valence-corrected chi connectivity index (χ0v) is 7.82. The van der Waals surface area contributed by atoms with Gasteiger partial charge in [-0.3, -0.25) is 0 Å². The topological polar surface area (TPSA) is 0 Å². The lowest BCUT2D eigenvalue weighted by atomic mass is 9.99. The third-order valence-electron chi connectivity index (χ3n) is 2.08. The predicted molar refractivity (Wildman–Crippen MR) is 48.2 cm³/mol. The Balaban J connectivity index is 2.97. The average molecular weight is 142 g/mol. The average Bonchev–Trinajstić information content (AvgIpc) is 1.89. The second kappa shape index (κ2) is 7.11. The first-order valence-electron chi connectivity index (χ1n) is 4.81. The van der Waals surface area contributed by atoms with Crippen LogP contribution in [0.25, 0.3) is 0 Å². The Bertz CT molecular complexity index is 57.1. The van der Waals surface area contributed by atoms with Gasteiger partial charge in [0, 0.05) is 0 Å². The van der Waals surface area contributed by atoms with Crippen molar-refractivity contribution in [3.63, 3.8) is 0 Å². The van der Waals surface area contributed by atoms with Crippen LogP contribution in [-0.4, -0.2) is 0 Å². The van der Waals surface area contributed by atoms with Gasteiger partial charge < -0.3 is 0 Å². The van der Waals surface area contributed by atoms with E-state index in [9.17, 15) is 0 Å². The second-order valence-electron chi connectivity index (χ2n) is 3.39. The lowest BCUT2D eigenvalue weighted by Gasteiger charge is -2.07. The summed E-state index contributed by atoms with van der Waals surface area (Å²) in [7, 11) is 0. The molecular formula is C10H22. The Kier molecular flexibility index (Phi) is 7.11. The molecule has 62 valence electrons. The standard InChI is InChI=1S/C10H22/c1-4-6-7-9-10(3)8-5-2/h10H,4-9H2,1-3H3/t10-/m1/s1. The summed E-state index contributed by atoms with van der Waals surface area (Å²) in [6, 6.07) is 0. The van der Waals surface area contributed by atoms with E-state index >= 15 is 0 Å². The molecule has 0 aliphatic heterocycles. The molecule has 0 aliphatic rings. The summed E-state index contributed by atoms with van der Waals surface area (Å²) in [5.74, 6) is 0.969. The molecule has 10 heavy (non-hydrogen) atoms. The van der Waals surface area contributed by atoms with Crippen molar-refractivity contribution in [3.8, 4) is 0 Å². The van der Waals surface area contributed by atoms with Crippen molar-refractivity contribution in [1.82, 2.24) is 0 Å². The summed E-state index contributed by atoms with van der Waals surface area (Å²) in [6.07, 6.45) is 8.45. The molecule has 0 N–H and O–H groups in total. The minimum absolute atomic E-state index is 0.969. The van der Waals surface area contributed by atoms with Crippen LogP contribution in [-0.2, 0) is 0 Å². The maximum atomic E-state index is 2.37. The maximum Gasteiger partial charge on any atom is -0.0443 e. The minimum Gasteiger partial charge on any atom is -0.0654 e. The van der Waals surface area contributed by atoms with Crippen molar-refractivity contribution in [2.24, 2.45) is 5.92 Å². The highest BCUT2D eigenvalue weighted by atomic mass is 14.0. The fourth-order valence-corrected chi connectivity index (χ4v) is 1.38. The number of hydrogen-bond donors (Lipinski definition) is 0. The van der Waals surface area contributed by atoms with Gasteiger partial charge in [0.25, 0.3) is 0 Å². The molecule has 0 aromatic heterocycles. The van der Waals surface area contributed by atoms with Gasteiger partial charge in [-0.2, -0.15) is 0 Å². The Morgan fingerprint density at radius 2 is 1.60 bits per heavy atom. The first-order valence-corrected chi connectivity index (χ1v) is 4.81. The highest BCUT2D eigenvalue weighted by molar-refractivity contribution is 4.51. The van der Waals surface area contributed by atoms with Crippen LogP contribution in [0, 0.1) is 5.92 Å². The van der Waals surface area contributed by atoms with Crippen molar-refractivity contribution in [2.75, 3.05) is 0 Å². The first-order chi connectivity index (χ1) is 4.81. The molecular weight excluding hydrogens is 120 g/mol. The zero-order valence-electron chi connectivity index (χ0n) is 7.82. The molecule has 0 aliphatic carbocycles. The number of rotatable bonds is 6. The van der Waals surface area contributed by atoms with Gasteiger partial charge in [0.2, 0.25) is 0 Å². The van der Waals surface area contributed by atoms with Gasteiger partial charge in [0.1, 0.15) is 0 Å². The van der Waals surface area contributed by atoms with Crippen molar-refractivity contribution in [2.45, 2.75) is 59.3 Å². The van der Waals surface area contributed by atoms with E-state index < -0.39 is 0 Å². The summed E-state index contributed by atoms with van der Waals surface area (Å²) >= 11 is 0. The molecule has 0 nitrogen and oxygen atoms in total. The van der Waals surface area contributed by atoms with Gasteiger partial charge >= 0.3 is 0 Å². The van der Waals surface area contributed by atoms with Crippen molar-refractivity contribution < 1.29 is 0 Å².